The van der Waals surface area contributed by atoms with Crippen LogP contribution in [0, 0.1) is 11.3 Å². The normalized spacial score (nSPS) is 29.4. The van der Waals surface area contributed by atoms with Gasteiger partial charge in [-0.05, 0) is 43.4 Å². The van der Waals surface area contributed by atoms with E-state index in [1.807, 2.05) is 4.90 Å². The van der Waals surface area contributed by atoms with E-state index in [1.54, 1.807) is 0 Å². The van der Waals surface area contributed by atoms with Crippen molar-refractivity contribution >= 4 is 12.6 Å². The lowest BCUT2D eigenvalue weighted by atomic mass is 9.81. The number of rotatable bonds is 3. The zero-order valence-corrected chi connectivity index (χ0v) is 12.0. The van der Waals surface area contributed by atoms with E-state index in [0.717, 1.165) is 31.7 Å². The lowest BCUT2D eigenvalue weighted by molar-refractivity contribution is -0.188. The molecule has 0 radical (unpaired) electrons. The summed E-state index contributed by atoms with van der Waals surface area (Å²) in [7, 11) is 0. The first-order chi connectivity index (χ1) is 8.95. The van der Waals surface area contributed by atoms with Gasteiger partial charge in [0.2, 0.25) is 0 Å². The zero-order valence-electron chi connectivity index (χ0n) is 11.1. The van der Waals surface area contributed by atoms with Crippen molar-refractivity contribution in [2.24, 2.45) is 11.3 Å². The Bertz CT molecular complexity index is 292. The molecule has 19 heavy (non-hydrogen) atoms. The number of hydrogen-bond acceptors (Lipinski definition) is 3. The number of thiol groups is 1. The van der Waals surface area contributed by atoms with Crippen LogP contribution >= 0.6 is 12.6 Å². The molecule has 0 saturated carbocycles. The minimum absolute atomic E-state index is 0.0366. The van der Waals surface area contributed by atoms with Gasteiger partial charge in [-0.3, -0.25) is 0 Å². The summed E-state index contributed by atoms with van der Waals surface area (Å²) < 4.78 is 43.8. The van der Waals surface area contributed by atoms with Gasteiger partial charge < -0.3 is 9.64 Å². The van der Waals surface area contributed by atoms with Crippen LogP contribution in [0.2, 0.25) is 0 Å². The van der Waals surface area contributed by atoms with Crippen LogP contribution in [-0.2, 0) is 4.74 Å². The minimum atomic E-state index is -4.05. The maximum absolute atomic E-state index is 12.8. The molecule has 2 nitrogen and oxygen atoms in total. The summed E-state index contributed by atoms with van der Waals surface area (Å²) in [6, 6.07) is 0. The maximum atomic E-state index is 12.8. The van der Waals surface area contributed by atoms with E-state index in [9.17, 15) is 13.2 Å². The van der Waals surface area contributed by atoms with Gasteiger partial charge in [-0.15, -0.1) is 0 Å². The Kier molecular flexibility index (Phi) is 5.06. The number of ether oxygens (including phenoxy) is 1. The predicted octanol–water partition coefficient (Wildman–Crippen LogP) is 2.99. The maximum Gasteiger partial charge on any atom is 0.393 e. The van der Waals surface area contributed by atoms with Gasteiger partial charge >= 0.3 is 6.18 Å². The Morgan fingerprint density at radius 2 is 1.95 bits per heavy atom. The Morgan fingerprint density at radius 1 is 1.26 bits per heavy atom. The first-order valence-corrected chi connectivity index (χ1v) is 7.56. The Labute approximate surface area is 118 Å². The van der Waals surface area contributed by atoms with Crippen molar-refractivity contribution in [3.8, 4) is 0 Å². The second-order valence-corrected chi connectivity index (χ2v) is 6.20. The van der Waals surface area contributed by atoms with Crippen molar-refractivity contribution in [1.29, 1.82) is 0 Å². The van der Waals surface area contributed by atoms with Crippen LogP contribution in [0.5, 0.6) is 0 Å². The predicted molar refractivity (Wildman–Crippen MR) is 71.6 cm³/mol. The summed E-state index contributed by atoms with van der Waals surface area (Å²) in [5.41, 5.74) is 0.0366. The van der Waals surface area contributed by atoms with Crippen molar-refractivity contribution in [2.75, 3.05) is 38.6 Å². The third-order valence-corrected chi connectivity index (χ3v) is 5.09. The third kappa shape index (κ3) is 4.02. The van der Waals surface area contributed by atoms with Crippen molar-refractivity contribution in [2.45, 2.75) is 31.9 Å². The van der Waals surface area contributed by atoms with Crippen LogP contribution in [-0.4, -0.2) is 49.7 Å². The van der Waals surface area contributed by atoms with Crippen molar-refractivity contribution in [3.63, 3.8) is 0 Å². The van der Waals surface area contributed by atoms with Gasteiger partial charge in [-0.25, -0.2) is 0 Å². The average molecular weight is 297 g/mol. The molecule has 0 aliphatic carbocycles. The molecule has 2 saturated heterocycles. The van der Waals surface area contributed by atoms with Gasteiger partial charge in [0.25, 0.3) is 0 Å². The highest BCUT2D eigenvalue weighted by Crippen LogP contribution is 2.37. The second-order valence-electron chi connectivity index (χ2n) is 5.89. The number of hydrogen-bond donors (Lipinski definition) is 1. The average Bonchev–Trinajstić information content (AvgIpc) is 2.39. The number of halogens is 3. The van der Waals surface area contributed by atoms with Crippen LogP contribution in [0.15, 0.2) is 0 Å². The van der Waals surface area contributed by atoms with Crippen molar-refractivity contribution in [3.05, 3.63) is 0 Å². The van der Waals surface area contributed by atoms with E-state index < -0.39 is 12.1 Å². The zero-order chi connectivity index (χ0) is 13.9. The van der Waals surface area contributed by atoms with E-state index in [0.29, 0.717) is 19.6 Å². The topological polar surface area (TPSA) is 12.5 Å². The fourth-order valence-corrected chi connectivity index (χ4v) is 3.53. The number of nitrogens with zero attached hydrogens (tertiary/aromatic N) is 1. The van der Waals surface area contributed by atoms with E-state index in [2.05, 4.69) is 12.6 Å². The molecule has 2 fully saturated rings. The van der Waals surface area contributed by atoms with Crippen LogP contribution in [0.1, 0.15) is 25.7 Å². The summed E-state index contributed by atoms with van der Waals surface area (Å²) in [4.78, 5) is 1.99. The molecule has 0 N–H and O–H groups in total. The van der Waals surface area contributed by atoms with Gasteiger partial charge in [-0.2, -0.15) is 25.8 Å². The van der Waals surface area contributed by atoms with Gasteiger partial charge in [0, 0.05) is 26.3 Å². The highest BCUT2D eigenvalue weighted by molar-refractivity contribution is 7.80. The molecule has 2 rings (SSSR count). The monoisotopic (exact) mass is 297 g/mol. The first-order valence-electron chi connectivity index (χ1n) is 6.93. The molecular weight excluding hydrogens is 275 g/mol. The number of alkyl halides is 3. The largest absolute Gasteiger partial charge is 0.393 e. The SMILES string of the molecule is FC(F)(F)C1CCCN(CC2(CS)CCOCC2)C1. The second kappa shape index (κ2) is 6.22. The highest BCUT2D eigenvalue weighted by Gasteiger charge is 2.43. The minimum Gasteiger partial charge on any atom is -0.381 e. The molecule has 2 aliphatic rings. The van der Waals surface area contributed by atoms with Crippen LogP contribution in [0.3, 0.4) is 0 Å². The van der Waals surface area contributed by atoms with E-state index in [1.165, 1.54) is 0 Å². The Hall–Kier alpha value is 0.0600. The standard InChI is InChI=1S/C13H22F3NOS/c14-13(15,16)11-2-1-5-17(8-11)9-12(10-19)3-6-18-7-4-12/h11,19H,1-10H2. The molecule has 6 heteroatoms. The Morgan fingerprint density at radius 3 is 2.53 bits per heavy atom. The smallest absolute Gasteiger partial charge is 0.381 e. The summed E-state index contributed by atoms with van der Waals surface area (Å²) in [6.07, 6.45) is -1.32. The highest BCUT2D eigenvalue weighted by atomic mass is 32.1. The lowest BCUT2D eigenvalue weighted by Crippen LogP contribution is -2.48. The summed E-state index contributed by atoms with van der Waals surface area (Å²) in [5.74, 6) is -0.429. The van der Waals surface area contributed by atoms with E-state index in [-0.39, 0.29) is 18.4 Å². The molecule has 1 atom stereocenters. The molecular formula is C13H22F3NOS. The van der Waals surface area contributed by atoms with E-state index >= 15 is 0 Å². The van der Waals surface area contributed by atoms with E-state index in [4.69, 9.17) is 4.74 Å². The Balaban J connectivity index is 1.94. The third-order valence-electron chi connectivity index (χ3n) is 4.42. The number of piperidine rings is 1. The summed E-state index contributed by atoms with van der Waals surface area (Å²) in [6.45, 7) is 3.07. The molecule has 2 aliphatic heterocycles. The van der Waals surface area contributed by atoms with Gasteiger partial charge in [0.15, 0.2) is 0 Å². The van der Waals surface area contributed by atoms with Gasteiger partial charge in [0.1, 0.15) is 0 Å². The molecule has 112 valence electrons. The molecule has 0 spiro atoms. The first kappa shape index (κ1) is 15.4. The van der Waals surface area contributed by atoms with Crippen LogP contribution < -0.4 is 0 Å². The number of likely N-dealkylation sites (tertiary alicyclic amines) is 1. The summed E-state index contributed by atoms with van der Waals surface area (Å²) >= 11 is 4.42. The molecule has 0 bridgehead atoms. The van der Waals surface area contributed by atoms with Crippen molar-refractivity contribution in [1.82, 2.24) is 4.90 Å². The quantitative estimate of drug-likeness (QED) is 0.804. The fourth-order valence-electron chi connectivity index (χ4n) is 3.11. The fraction of sp³-hybridized carbons (Fsp3) is 1.00. The lowest BCUT2D eigenvalue weighted by Gasteiger charge is -2.43. The molecule has 2 heterocycles. The van der Waals surface area contributed by atoms with Crippen LogP contribution in [0.25, 0.3) is 0 Å². The molecule has 0 aromatic heterocycles. The molecule has 0 amide bonds. The van der Waals surface area contributed by atoms with Crippen LogP contribution in [0.4, 0.5) is 13.2 Å². The van der Waals surface area contributed by atoms with Gasteiger partial charge in [0.05, 0.1) is 5.92 Å². The molecule has 1 unspecified atom stereocenters. The summed E-state index contributed by atoms with van der Waals surface area (Å²) in [5, 5.41) is 0. The molecule has 0 aromatic carbocycles. The molecule has 0 aromatic rings. The van der Waals surface area contributed by atoms with Gasteiger partial charge in [-0.1, -0.05) is 0 Å². The van der Waals surface area contributed by atoms with Crippen molar-refractivity contribution < 1.29 is 17.9 Å².